The molecule has 1 aliphatic heterocycles. The molecule has 2 aliphatic rings. The number of pyridine rings is 1. The van der Waals surface area contributed by atoms with Crippen LogP contribution in [-0.2, 0) is 12.0 Å². The molecule has 134 valence electrons. The fourth-order valence-corrected chi connectivity index (χ4v) is 4.54. The molecule has 1 fully saturated rings. The number of aryl methyl sites for hydroxylation is 1. The first kappa shape index (κ1) is 16.6. The molecule has 25 heavy (non-hydrogen) atoms. The van der Waals surface area contributed by atoms with Gasteiger partial charge in [0.05, 0.1) is 29.3 Å². The standard InChI is InChI=1S/C20H29N5/c1-14-18(15(2)25(23-14)12-11-24(3)4)16-7-8-17-19(22-16)20(13-21-17)9-5-6-10-20/h7-8,21H,5-6,9-13H2,1-4H3. The van der Waals surface area contributed by atoms with Crippen LogP contribution in [-0.4, -0.2) is 46.8 Å². The van der Waals surface area contributed by atoms with E-state index in [9.17, 15) is 0 Å². The Labute approximate surface area is 150 Å². The van der Waals surface area contributed by atoms with E-state index in [0.29, 0.717) is 0 Å². The molecule has 2 aromatic heterocycles. The van der Waals surface area contributed by atoms with Gasteiger partial charge >= 0.3 is 0 Å². The van der Waals surface area contributed by atoms with E-state index in [4.69, 9.17) is 10.1 Å². The van der Waals surface area contributed by atoms with E-state index in [1.165, 1.54) is 48.3 Å². The highest BCUT2D eigenvalue weighted by Gasteiger charge is 2.42. The number of rotatable bonds is 4. The summed E-state index contributed by atoms with van der Waals surface area (Å²) in [5.41, 5.74) is 7.40. The summed E-state index contributed by atoms with van der Waals surface area (Å²) >= 11 is 0. The molecule has 4 rings (SSSR count). The summed E-state index contributed by atoms with van der Waals surface area (Å²) in [6.07, 6.45) is 5.19. The third kappa shape index (κ3) is 2.74. The van der Waals surface area contributed by atoms with Crippen molar-refractivity contribution < 1.29 is 0 Å². The molecule has 3 heterocycles. The molecule has 2 aromatic rings. The Kier molecular flexibility index (Phi) is 4.07. The second-order valence-electron chi connectivity index (χ2n) is 8.01. The van der Waals surface area contributed by atoms with Crippen molar-refractivity contribution in [3.05, 3.63) is 29.2 Å². The van der Waals surface area contributed by atoms with Crippen molar-refractivity contribution in [2.75, 3.05) is 32.5 Å². The molecule has 0 radical (unpaired) electrons. The number of fused-ring (bicyclic) bond motifs is 2. The van der Waals surface area contributed by atoms with Gasteiger partial charge in [0, 0.05) is 29.8 Å². The van der Waals surface area contributed by atoms with Gasteiger partial charge in [-0.2, -0.15) is 5.10 Å². The zero-order chi connectivity index (χ0) is 17.6. The minimum absolute atomic E-state index is 0.272. The number of nitrogens with zero attached hydrogens (tertiary/aromatic N) is 4. The van der Waals surface area contributed by atoms with E-state index >= 15 is 0 Å². The van der Waals surface area contributed by atoms with E-state index in [2.05, 4.69) is 55.0 Å². The van der Waals surface area contributed by atoms with Crippen molar-refractivity contribution in [2.45, 2.75) is 51.5 Å². The summed E-state index contributed by atoms with van der Waals surface area (Å²) in [4.78, 5) is 7.36. The van der Waals surface area contributed by atoms with Crippen LogP contribution in [0.1, 0.15) is 42.8 Å². The smallest absolute Gasteiger partial charge is 0.0744 e. The van der Waals surface area contributed by atoms with Crippen molar-refractivity contribution >= 4 is 5.69 Å². The van der Waals surface area contributed by atoms with Crippen LogP contribution in [0.25, 0.3) is 11.3 Å². The molecule has 0 bridgehead atoms. The van der Waals surface area contributed by atoms with Gasteiger partial charge in [-0.05, 0) is 52.9 Å². The normalized spacial score (nSPS) is 18.1. The number of nitrogens with one attached hydrogen (secondary N) is 1. The van der Waals surface area contributed by atoms with Crippen LogP contribution in [0.15, 0.2) is 12.1 Å². The van der Waals surface area contributed by atoms with E-state index < -0.39 is 0 Å². The van der Waals surface area contributed by atoms with Crippen LogP contribution in [0, 0.1) is 13.8 Å². The molecule has 1 aliphatic carbocycles. The number of aromatic nitrogens is 3. The zero-order valence-electron chi connectivity index (χ0n) is 15.9. The monoisotopic (exact) mass is 339 g/mol. The Morgan fingerprint density at radius 2 is 1.96 bits per heavy atom. The lowest BCUT2D eigenvalue weighted by molar-refractivity contribution is 0.370. The molecule has 1 saturated carbocycles. The van der Waals surface area contributed by atoms with Gasteiger partial charge in [0.1, 0.15) is 0 Å². The van der Waals surface area contributed by atoms with Crippen molar-refractivity contribution in [1.82, 2.24) is 19.7 Å². The molecular formula is C20H29N5. The van der Waals surface area contributed by atoms with Crippen LogP contribution in [0.3, 0.4) is 0 Å². The molecule has 1 spiro atoms. The van der Waals surface area contributed by atoms with Crippen LogP contribution in [0.2, 0.25) is 0 Å². The molecule has 0 aromatic carbocycles. The molecule has 0 atom stereocenters. The van der Waals surface area contributed by atoms with Gasteiger partial charge in [0.2, 0.25) is 0 Å². The first-order chi connectivity index (χ1) is 12.0. The average Bonchev–Trinajstić information content (AvgIpc) is 3.26. The van der Waals surface area contributed by atoms with Crippen molar-refractivity contribution in [2.24, 2.45) is 0 Å². The minimum Gasteiger partial charge on any atom is -0.383 e. The van der Waals surface area contributed by atoms with Gasteiger partial charge in [0.25, 0.3) is 0 Å². The Hall–Kier alpha value is -1.88. The zero-order valence-corrected chi connectivity index (χ0v) is 15.9. The predicted octanol–water partition coefficient (Wildman–Crippen LogP) is 3.36. The third-order valence-electron chi connectivity index (χ3n) is 5.97. The lowest BCUT2D eigenvalue weighted by atomic mass is 9.84. The van der Waals surface area contributed by atoms with Gasteiger partial charge in [0.15, 0.2) is 0 Å². The summed E-state index contributed by atoms with van der Waals surface area (Å²) in [7, 11) is 4.20. The highest BCUT2D eigenvalue weighted by atomic mass is 15.3. The molecule has 5 nitrogen and oxygen atoms in total. The maximum atomic E-state index is 5.16. The molecule has 1 N–H and O–H groups in total. The topological polar surface area (TPSA) is 46.0 Å². The Bertz CT molecular complexity index is 784. The second-order valence-corrected chi connectivity index (χ2v) is 8.01. The maximum absolute atomic E-state index is 5.16. The largest absolute Gasteiger partial charge is 0.383 e. The fraction of sp³-hybridized carbons (Fsp3) is 0.600. The summed E-state index contributed by atoms with van der Waals surface area (Å²) in [5, 5.41) is 8.37. The molecule has 0 unspecified atom stereocenters. The number of anilines is 1. The molecule has 5 heteroatoms. The van der Waals surface area contributed by atoms with Crippen LogP contribution in [0.4, 0.5) is 5.69 Å². The Balaban J connectivity index is 1.72. The van der Waals surface area contributed by atoms with E-state index in [0.717, 1.165) is 31.0 Å². The maximum Gasteiger partial charge on any atom is 0.0744 e. The van der Waals surface area contributed by atoms with Gasteiger partial charge < -0.3 is 10.2 Å². The summed E-state index contributed by atoms with van der Waals surface area (Å²) in [6, 6.07) is 4.38. The van der Waals surface area contributed by atoms with Crippen LogP contribution in [0.5, 0.6) is 0 Å². The van der Waals surface area contributed by atoms with Crippen LogP contribution >= 0.6 is 0 Å². The third-order valence-corrected chi connectivity index (χ3v) is 5.97. The highest BCUT2D eigenvalue weighted by molar-refractivity contribution is 5.69. The van der Waals surface area contributed by atoms with Gasteiger partial charge in [-0.1, -0.05) is 12.8 Å². The van der Waals surface area contributed by atoms with Crippen molar-refractivity contribution in [3.8, 4) is 11.3 Å². The van der Waals surface area contributed by atoms with Gasteiger partial charge in [-0.3, -0.25) is 4.68 Å². The molecule has 0 amide bonds. The van der Waals surface area contributed by atoms with Crippen LogP contribution < -0.4 is 5.32 Å². The average molecular weight is 339 g/mol. The van der Waals surface area contributed by atoms with E-state index in [1.54, 1.807) is 0 Å². The van der Waals surface area contributed by atoms with E-state index in [-0.39, 0.29) is 5.41 Å². The first-order valence-corrected chi connectivity index (χ1v) is 9.45. The number of hydrogen-bond acceptors (Lipinski definition) is 4. The SMILES string of the molecule is Cc1nn(CCN(C)C)c(C)c1-c1ccc2c(n1)C1(CCCC1)CN2. The lowest BCUT2D eigenvalue weighted by Gasteiger charge is -2.21. The first-order valence-electron chi connectivity index (χ1n) is 9.45. The summed E-state index contributed by atoms with van der Waals surface area (Å²) in [5.74, 6) is 0. The van der Waals surface area contributed by atoms with E-state index in [1.807, 2.05) is 0 Å². The number of likely N-dealkylation sites (N-methyl/N-ethyl adjacent to an activating group) is 1. The highest BCUT2D eigenvalue weighted by Crippen LogP contribution is 2.47. The Morgan fingerprint density at radius 3 is 2.68 bits per heavy atom. The van der Waals surface area contributed by atoms with Crippen molar-refractivity contribution in [1.29, 1.82) is 0 Å². The fourth-order valence-electron chi connectivity index (χ4n) is 4.54. The minimum atomic E-state index is 0.272. The second kappa shape index (κ2) is 6.13. The van der Waals surface area contributed by atoms with Gasteiger partial charge in [-0.25, -0.2) is 4.98 Å². The lowest BCUT2D eigenvalue weighted by Crippen LogP contribution is -2.25. The van der Waals surface area contributed by atoms with Crippen molar-refractivity contribution in [3.63, 3.8) is 0 Å². The summed E-state index contributed by atoms with van der Waals surface area (Å²) < 4.78 is 2.13. The predicted molar refractivity (Wildman–Crippen MR) is 102 cm³/mol. The number of hydrogen-bond donors (Lipinski definition) is 1. The Morgan fingerprint density at radius 1 is 1.20 bits per heavy atom. The summed E-state index contributed by atoms with van der Waals surface area (Å²) in [6.45, 7) is 7.23. The molecular weight excluding hydrogens is 310 g/mol. The molecule has 0 saturated heterocycles. The van der Waals surface area contributed by atoms with Gasteiger partial charge in [-0.15, -0.1) is 0 Å². The quantitative estimate of drug-likeness (QED) is 0.928.